The fraction of sp³-hybridized carbons (Fsp3) is 0.625. The van der Waals surface area contributed by atoms with Gasteiger partial charge in [0.25, 0.3) is 0 Å². The van der Waals surface area contributed by atoms with E-state index >= 15 is 0 Å². The molecule has 2 N–H and O–H groups in total. The molecular formula is C16H25NO3S. The summed E-state index contributed by atoms with van der Waals surface area (Å²) in [6.45, 7) is 4.05. The lowest BCUT2D eigenvalue weighted by Crippen LogP contribution is -2.31. The number of aliphatic hydroxyl groups is 1. The van der Waals surface area contributed by atoms with Crippen molar-refractivity contribution in [3.8, 4) is 0 Å². The van der Waals surface area contributed by atoms with Gasteiger partial charge in [-0.3, -0.25) is 0 Å². The molecule has 1 aromatic rings. The second-order valence-corrected chi connectivity index (χ2v) is 7.79. The molecule has 0 aliphatic heterocycles. The number of sulfonamides is 1. The summed E-state index contributed by atoms with van der Waals surface area (Å²) in [5.41, 5.74) is 2.28. The Kier molecular flexibility index (Phi) is 5.41. The smallest absolute Gasteiger partial charge is 0.240 e. The van der Waals surface area contributed by atoms with Gasteiger partial charge >= 0.3 is 0 Å². The van der Waals surface area contributed by atoms with E-state index in [9.17, 15) is 13.5 Å². The van der Waals surface area contributed by atoms with Crippen LogP contribution in [-0.2, 0) is 16.6 Å². The van der Waals surface area contributed by atoms with E-state index in [0.29, 0.717) is 22.9 Å². The normalized spacial score (nSPS) is 17.1. The van der Waals surface area contributed by atoms with E-state index in [1.54, 1.807) is 6.07 Å². The molecule has 21 heavy (non-hydrogen) atoms. The zero-order valence-corrected chi connectivity index (χ0v) is 13.7. The van der Waals surface area contributed by atoms with E-state index in [2.05, 4.69) is 4.72 Å². The molecule has 0 atom stereocenters. The Morgan fingerprint density at radius 2 is 1.86 bits per heavy atom. The maximum atomic E-state index is 12.5. The van der Waals surface area contributed by atoms with Crippen molar-refractivity contribution in [2.24, 2.45) is 5.92 Å². The minimum atomic E-state index is -3.51. The summed E-state index contributed by atoms with van der Waals surface area (Å²) in [6, 6.07) is 3.40. The van der Waals surface area contributed by atoms with Gasteiger partial charge in [-0.25, -0.2) is 13.1 Å². The maximum absolute atomic E-state index is 12.5. The number of benzene rings is 1. The van der Waals surface area contributed by atoms with Gasteiger partial charge in [-0.15, -0.1) is 0 Å². The van der Waals surface area contributed by atoms with E-state index in [-0.39, 0.29) is 6.61 Å². The molecule has 1 aliphatic rings. The van der Waals surface area contributed by atoms with E-state index in [1.807, 2.05) is 19.9 Å². The van der Waals surface area contributed by atoms with Crippen LogP contribution in [0.15, 0.2) is 17.0 Å². The van der Waals surface area contributed by atoms with Crippen molar-refractivity contribution in [3.63, 3.8) is 0 Å². The molecule has 0 aromatic heterocycles. The van der Waals surface area contributed by atoms with Gasteiger partial charge in [0.15, 0.2) is 0 Å². The molecule has 1 aliphatic carbocycles. The van der Waals surface area contributed by atoms with Crippen LogP contribution in [0.1, 0.15) is 48.8 Å². The number of hydrogen-bond acceptors (Lipinski definition) is 3. The number of hydrogen-bond donors (Lipinski definition) is 2. The number of aliphatic hydroxyl groups excluding tert-OH is 1. The molecule has 0 saturated heterocycles. The first kappa shape index (κ1) is 16.5. The van der Waals surface area contributed by atoms with Crippen LogP contribution in [0, 0.1) is 19.8 Å². The third-order valence-electron chi connectivity index (χ3n) is 4.44. The van der Waals surface area contributed by atoms with Gasteiger partial charge in [0.05, 0.1) is 11.5 Å². The lowest BCUT2D eigenvalue weighted by molar-refractivity contribution is 0.281. The first-order valence-corrected chi connectivity index (χ1v) is 9.13. The third-order valence-corrected chi connectivity index (χ3v) is 5.99. The molecule has 5 heteroatoms. The lowest BCUT2D eigenvalue weighted by atomic mass is 9.90. The summed E-state index contributed by atoms with van der Waals surface area (Å²) >= 11 is 0. The largest absolute Gasteiger partial charge is 0.392 e. The van der Waals surface area contributed by atoms with Gasteiger partial charge in [0.2, 0.25) is 10.0 Å². The molecular weight excluding hydrogens is 286 g/mol. The Hall–Kier alpha value is -0.910. The summed E-state index contributed by atoms with van der Waals surface area (Å²) in [7, 11) is -3.51. The molecule has 0 amide bonds. The van der Waals surface area contributed by atoms with Gasteiger partial charge in [-0.05, 0) is 55.4 Å². The molecule has 0 unspecified atom stereocenters. The number of aryl methyl sites for hydroxylation is 1. The highest BCUT2D eigenvalue weighted by Gasteiger charge is 2.21. The summed E-state index contributed by atoms with van der Waals surface area (Å²) in [4.78, 5) is 0.294. The fourth-order valence-electron chi connectivity index (χ4n) is 2.97. The minimum Gasteiger partial charge on any atom is -0.392 e. The van der Waals surface area contributed by atoms with Crippen LogP contribution >= 0.6 is 0 Å². The molecule has 1 saturated carbocycles. The van der Waals surface area contributed by atoms with Crippen molar-refractivity contribution in [1.29, 1.82) is 0 Å². The molecule has 1 fully saturated rings. The first-order valence-electron chi connectivity index (χ1n) is 7.64. The predicted molar refractivity (Wildman–Crippen MR) is 83.6 cm³/mol. The summed E-state index contributed by atoms with van der Waals surface area (Å²) in [5, 5.41) is 9.26. The van der Waals surface area contributed by atoms with Gasteiger partial charge in [-0.2, -0.15) is 0 Å². The lowest BCUT2D eigenvalue weighted by Gasteiger charge is -2.22. The van der Waals surface area contributed by atoms with Crippen LogP contribution in [0.4, 0.5) is 0 Å². The van der Waals surface area contributed by atoms with Crippen molar-refractivity contribution in [2.45, 2.75) is 57.5 Å². The Labute approximate surface area is 127 Å². The van der Waals surface area contributed by atoms with Gasteiger partial charge in [-0.1, -0.05) is 25.3 Å². The van der Waals surface area contributed by atoms with Crippen LogP contribution in [0.3, 0.4) is 0 Å². The highest BCUT2D eigenvalue weighted by Crippen LogP contribution is 2.25. The van der Waals surface area contributed by atoms with Crippen molar-refractivity contribution in [1.82, 2.24) is 4.72 Å². The molecule has 0 radical (unpaired) electrons. The van der Waals surface area contributed by atoms with Gasteiger partial charge < -0.3 is 5.11 Å². The second-order valence-electron chi connectivity index (χ2n) is 6.05. The average molecular weight is 311 g/mol. The van der Waals surface area contributed by atoms with E-state index in [4.69, 9.17) is 0 Å². The molecule has 0 spiro atoms. The molecule has 0 bridgehead atoms. The van der Waals surface area contributed by atoms with Crippen LogP contribution in [0.5, 0.6) is 0 Å². The summed E-state index contributed by atoms with van der Waals surface area (Å²) < 4.78 is 27.8. The molecule has 0 heterocycles. The standard InChI is InChI=1S/C16H25NO3S/c1-12-8-15(11-18)9-16(13(12)2)21(19,20)17-10-14-6-4-3-5-7-14/h8-9,14,17-18H,3-7,10-11H2,1-2H3. The van der Waals surface area contributed by atoms with Crippen LogP contribution < -0.4 is 4.72 Å². The average Bonchev–Trinajstić information content (AvgIpc) is 2.48. The fourth-order valence-corrected chi connectivity index (χ4v) is 4.45. The van der Waals surface area contributed by atoms with Crippen LogP contribution in [0.2, 0.25) is 0 Å². The predicted octanol–water partition coefficient (Wildman–Crippen LogP) is 2.65. The van der Waals surface area contributed by atoms with E-state index < -0.39 is 10.0 Å². The third kappa shape index (κ3) is 4.05. The van der Waals surface area contributed by atoms with E-state index in [1.165, 1.54) is 19.3 Å². The molecule has 1 aromatic carbocycles. The maximum Gasteiger partial charge on any atom is 0.240 e. The Morgan fingerprint density at radius 3 is 2.48 bits per heavy atom. The molecule has 4 nitrogen and oxygen atoms in total. The van der Waals surface area contributed by atoms with Crippen molar-refractivity contribution in [2.75, 3.05) is 6.54 Å². The summed E-state index contributed by atoms with van der Waals surface area (Å²) in [5.74, 6) is 0.455. The summed E-state index contributed by atoms with van der Waals surface area (Å²) in [6.07, 6.45) is 5.88. The second kappa shape index (κ2) is 6.90. The monoisotopic (exact) mass is 311 g/mol. The highest BCUT2D eigenvalue weighted by molar-refractivity contribution is 7.89. The topological polar surface area (TPSA) is 66.4 Å². The quantitative estimate of drug-likeness (QED) is 0.878. The van der Waals surface area contributed by atoms with Crippen molar-refractivity contribution >= 4 is 10.0 Å². The van der Waals surface area contributed by atoms with Crippen LogP contribution in [-0.4, -0.2) is 20.1 Å². The highest BCUT2D eigenvalue weighted by atomic mass is 32.2. The first-order chi connectivity index (χ1) is 9.94. The SMILES string of the molecule is Cc1cc(CO)cc(S(=O)(=O)NCC2CCCCC2)c1C. The number of nitrogens with one attached hydrogen (secondary N) is 1. The molecule has 2 rings (SSSR count). The zero-order chi connectivity index (χ0) is 15.5. The van der Waals surface area contributed by atoms with Gasteiger partial charge in [0.1, 0.15) is 0 Å². The minimum absolute atomic E-state index is 0.147. The Balaban J connectivity index is 2.16. The van der Waals surface area contributed by atoms with E-state index in [0.717, 1.165) is 24.0 Å². The Morgan fingerprint density at radius 1 is 1.19 bits per heavy atom. The van der Waals surface area contributed by atoms with Crippen molar-refractivity contribution in [3.05, 3.63) is 28.8 Å². The Bertz CT molecular complexity index is 590. The van der Waals surface area contributed by atoms with Crippen LogP contribution in [0.25, 0.3) is 0 Å². The molecule has 118 valence electrons. The number of rotatable bonds is 5. The van der Waals surface area contributed by atoms with Gasteiger partial charge in [0, 0.05) is 6.54 Å². The zero-order valence-electron chi connectivity index (χ0n) is 12.9. The van der Waals surface area contributed by atoms with Crippen molar-refractivity contribution < 1.29 is 13.5 Å².